The van der Waals surface area contributed by atoms with E-state index in [0.717, 1.165) is 29.3 Å². The summed E-state index contributed by atoms with van der Waals surface area (Å²) in [6.07, 6.45) is 0. The van der Waals surface area contributed by atoms with E-state index in [1.807, 2.05) is 6.07 Å². The highest BCUT2D eigenvalue weighted by Crippen LogP contribution is 2.24. The standard InChI is InChI=1S/C17H13FO4S/c1-10-5-11(2)7-14(6-10)23(20,21)16-9-12-8-13(18)3-4-15(12)22-17(16)19/h3-9H,1-2H3. The predicted octanol–water partition coefficient (Wildman–Crippen LogP) is 3.38. The predicted molar refractivity (Wildman–Crippen MR) is 83.8 cm³/mol. The molecule has 0 aliphatic heterocycles. The molecular formula is C17H13FO4S. The summed E-state index contributed by atoms with van der Waals surface area (Å²) in [6, 6.07) is 9.50. The van der Waals surface area contributed by atoms with Crippen LogP contribution in [0.4, 0.5) is 4.39 Å². The Morgan fingerprint density at radius 2 is 1.61 bits per heavy atom. The van der Waals surface area contributed by atoms with Gasteiger partial charge in [-0.25, -0.2) is 17.6 Å². The number of halogens is 1. The van der Waals surface area contributed by atoms with Crippen molar-refractivity contribution in [3.63, 3.8) is 0 Å². The highest BCUT2D eigenvalue weighted by Gasteiger charge is 2.24. The molecule has 4 nitrogen and oxygen atoms in total. The fourth-order valence-electron chi connectivity index (χ4n) is 2.48. The minimum absolute atomic E-state index is 0.0121. The van der Waals surface area contributed by atoms with Gasteiger partial charge in [-0.2, -0.15) is 0 Å². The number of fused-ring (bicyclic) bond motifs is 1. The van der Waals surface area contributed by atoms with Crippen LogP contribution in [0.1, 0.15) is 11.1 Å². The lowest BCUT2D eigenvalue weighted by atomic mass is 10.2. The second-order valence-electron chi connectivity index (χ2n) is 5.41. The SMILES string of the molecule is Cc1cc(C)cc(S(=O)(=O)c2cc3cc(F)ccc3oc2=O)c1. The molecule has 6 heteroatoms. The van der Waals surface area contributed by atoms with Crippen molar-refractivity contribution < 1.29 is 17.2 Å². The number of hydrogen-bond acceptors (Lipinski definition) is 4. The van der Waals surface area contributed by atoms with Crippen LogP contribution in [0, 0.1) is 19.7 Å². The lowest BCUT2D eigenvalue weighted by Gasteiger charge is -2.07. The molecule has 0 aliphatic rings. The Morgan fingerprint density at radius 3 is 2.26 bits per heavy atom. The van der Waals surface area contributed by atoms with Gasteiger partial charge in [0.05, 0.1) is 4.90 Å². The van der Waals surface area contributed by atoms with Gasteiger partial charge in [-0.05, 0) is 61.4 Å². The summed E-state index contributed by atoms with van der Waals surface area (Å²) in [6.45, 7) is 3.54. The second kappa shape index (κ2) is 5.31. The summed E-state index contributed by atoms with van der Waals surface area (Å²) >= 11 is 0. The van der Waals surface area contributed by atoms with Gasteiger partial charge in [0.2, 0.25) is 9.84 Å². The van der Waals surface area contributed by atoms with Crippen LogP contribution in [0.3, 0.4) is 0 Å². The van der Waals surface area contributed by atoms with Gasteiger partial charge in [0.1, 0.15) is 11.4 Å². The summed E-state index contributed by atoms with van der Waals surface area (Å²) < 4.78 is 43.8. The Balaban J connectivity index is 2.29. The van der Waals surface area contributed by atoms with Crippen molar-refractivity contribution in [3.8, 4) is 0 Å². The normalized spacial score (nSPS) is 11.8. The highest BCUT2D eigenvalue weighted by atomic mass is 32.2. The van der Waals surface area contributed by atoms with E-state index in [1.54, 1.807) is 13.8 Å². The number of rotatable bonds is 2. The molecule has 3 aromatic rings. The van der Waals surface area contributed by atoms with Gasteiger partial charge >= 0.3 is 5.63 Å². The van der Waals surface area contributed by atoms with E-state index in [9.17, 15) is 17.6 Å². The van der Waals surface area contributed by atoms with E-state index in [-0.39, 0.29) is 15.9 Å². The fourth-order valence-corrected chi connectivity index (χ4v) is 3.96. The average molecular weight is 332 g/mol. The van der Waals surface area contributed by atoms with Gasteiger partial charge in [0.15, 0.2) is 4.90 Å². The zero-order chi connectivity index (χ0) is 16.8. The van der Waals surface area contributed by atoms with Crippen LogP contribution in [0.5, 0.6) is 0 Å². The van der Waals surface area contributed by atoms with Crippen molar-refractivity contribution in [1.82, 2.24) is 0 Å². The first-order chi connectivity index (χ1) is 10.8. The first-order valence-electron chi connectivity index (χ1n) is 6.84. The third-order valence-electron chi connectivity index (χ3n) is 3.46. The Hall–Kier alpha value is -2.47. The molecule has 2 aromatic carbocycles. The molecule has 0 spiro atoms. The van der Waals surface area contributed by atoms with Crippen LogP contribution >= 0.6 is 0 Å². The maximum atomic E-state index is 13.3. The van der Waals surface area contributed by atoms with Gasteiger partial charge in [0.25, 0.3) is 0 Å². The Morgan fingerprint density at radius 1 is 0.957 bits per heavy atom. The van der Waals surface area contributed by atoms with Crippen molar-refractivity contribution in [1.29, 1.82) is 0 Å². The van der Waals surface area contributed by atoms with Crippen LogP contribution < -0.4 is 5.63 Å². The van der Waals surface area contributed by atoms with Crippen LogP contribution in [0.25, 0.3) is 11.0 Å². The molecule has 0 bridgehead atoms. The summed E-state index contributed by atoms with van der Waals surface area (Å²) in [5.74, 6) is -0.541. The first-order valence-corrected chi connectivity index (χ1v) is 8.32. The molecule has 3 rings (SSSR count). The quantitative estimate of drug-likeness (QED) is 0.675. The molecule has 1 heterocycles. The molecule has 0 fully saturated rings. The van der Waals surface area contributed by atoms with Crippen LogP contribution in [0.15, 0.2) is 61.5 Å². The minimum Gasteiger partial charge on any atom is -0.422 e. The van der Waals surface area contributed by atoms with E-state index in [4.69, 9.17) is 4.42 Å². The Labute approximate surface area is 132 Å². The van der Waals surface area contributed by atoms with E-state index in [0.29, 0.717) is 0 Å². The molecule has 0 unspecified atom stereocenters. The molecule has 23 heavy (non-hydrogen) atoms. The van der Waals surface area contributed by atoms with Crippen molar-refractivity contribution in [2.24, 2.45) is 0 Å². The molecule has 0 N–H and O–H groups in total. The van der Waals surface area contributed by atoms with Crippen molar-refractivity contribution in [2.75, 3.05) is 0 Å². The summed E-state index contributed by atoms with van der Waals surface area (Å²) in [7, 11) is -4.05. The third-order valence-corrected chi connectivity index (χ3v) is 5.18. The molecular weight excluding hydrogens is 319 g/mol. The number of sulfone groups is 1. The fraction of sp³-hybridized carbons (Fsp3) is 0.118. The smallest absolute Gasteiger partial charge is 0.355 e. The van der Waals surface area contributed by atoms with E-state index in [2.05, 4.69) is 0 Å². The van der Waals surface area contributed by atoms with Gasteiger partial charge < -0.3 is 4.42 Å². The molecule has 0 saturated carbocycles. The van der Waals surface area contributed by atoms with Crippen molar-refractivity contribution >= 4 is 20.8 Å². The zero-order valence-corrected chi connectivity index (χ0v) is 13.3. The van der Waals surface area contributed by atoms with Crippen LogP contribution in [-0.2, 0) is 9.84 Å². The van der Waals surface area contributed by atoms with E-state index < -0.39 is 26.2 Å². The Bertz CT molecular complexity index is 1060. The topological polar surface area (TPSA) is 64.3 Å². The summed E-state index contributed by atoms with van der Waals surface area (Å²) in [5, 5.41) is 0.215. The average Bonchev–Trinajstić information content (AvgIpc) is 2.46. The lowest BCUT2D eigenvalue weighted by molar-refractivity contribution is 0.531. The van der Waals surface area contributed by atoms with Gasteiger partial charge in [-0.1, -0.05) is 6.07 Å². The number of hydrogen-bond donors (Lipinski definition) is 0. The lowest BCUT2D eigenvalue weighted by Crippen LogP contribution is -2.14. The zero-order valence-electron chi connectivity index (χ0n) is 12.5. The van der Waals surface area contributed by atoms with Gasteiger partial charge in [-0.3, -0.25) is 0 Å². The van der Waals surface area contributed by atoms with Crippen molar-refractivity contribution in [2.45, 2.75) is 23.6 Å². The van der Waals surface area contributed by atoms with Crippen LogP contribution in [0.2, 0.25) is 0 Å². The molecule has 1 aromatic heterocycles. The summed E-state index contributed by atoms with van der Waals surface area (Å²) in [4.78, 5) is 11.6. The maximum absolute atomic E-state index is 13.3. The maximum Gasteiger partial charge on any atom is 0.355 e. The summed E-state index contributed by atoms with van der Waals surface area (Å²) in [5.41, 5.74) is 0.693. The third kappa shape index (κ3) is 2.77. The minimum atomic E-state index is -4.05. The highest BCUT2D eigenvalue weighted by molar-refractivity contribution is 7.91. The van der Waals surface area contributed by atoms with Crippen LogP contribution in [-0.4, -0.2) is 8.42 Å². The molecule has 0 aliphatic carbocycles. The van der Waals surface area contributed by atoms with E-state index >= 15 is 0 Å². The molecule has 0 amide bonds. The number of aryl methyl sites for hydroxylation is 2. The molecule has 118 valence electrons. The van der Waals surface area contributed by atoms with E-state index in [1.165, 1.54) is 18.2 Å². The molecule has 0 radical (unpaired) electrons. The molecule has 0 atom stereocenters. The Kier molecular flexibility index (Phi) is 3.56. The first kappa shape index (κ1) is 15.4. The number of benzene rings is 2. The van der Waals surface area contributed by atoms with Gasteiger partial charge in [0, 0.05) is 5.39 Å². The van der Waals surface area contributed by atoms with Crippen molar-refractivity contribution in [3.05, 3.63) is 69.8 Å². The van der Waals surface area contributed by atoms with Gasteiger partial charge in [-0.15, -0.1) is 0 Å². The second-order valence-corrected chi connectivity index (χ2v) is 7.33. The largest absolute Gasteiger partial charge is 0.422 e. The monoisotopic (exact) mass is 332 g/mol. The molecule has 0 saturated heterocycles.